The number of aromatic amines is 1. The van der Waals surface area contributed by atoms with Gasteiger partial charge in [-0.25, -0.2) is 0 Å². The average molecular weight is 265 g/mol. The monoisotopic (exact) mass is 264 g/mol. The number of rotatable bonds is 5. The molecule has 1 aromatic heterocycles. The quantitative estimate of drug-likeness (QED) is 0.783. The zero-order valence-corrected chi connectivity index (χ0v) is 12.1. The third-order valence-corrected chi connectivity index (χ3v) is 3.58. The number of halogens is 1. The van der Waals surface area contributed by atoms with Crippen LogP contribution in [0, 0.1) is 6.92 Å². The van der Waals surface area contributed by atoms with Gasteiger partial charge in [0.15, 0.2) is 0 Å². The van der Waals surface area contributed by atoms with Gasteiger partial charge in [-0.2, -0.15) is 0 Å². The molecule has 0 aliphatic carbocycles. The molecule has 1 heterocycles. The number of hydrogen-bond donors (Lipinski definition) is 2. The fourth-order valence-electron chi connectivity index (χ4n) is 2.35. The third kappa shape index (κ3) is 2.88. The number of fused-ring (bicyclic) bond motifs is 1. The molecule has 98 valence electrons. The molecule has 18 heavy (non-hydrogen) atoms. The van der Waals surface area contributed by atoms with E-state index in [0.717, 1.165) is 29.9 Å². The normalized spacial score (nSPS) is 11.6. The molecule has 0 saturated heterocycles. The number of H-pyrrole nitrogens is 1. The van der Waals surface area contributed by atoms with Crippen LogP contribution < -0.4 is 5.32 Å². The smallest absolute Gasteiger partial charge is 0.0648 e. The molecule has 2 aromatic rings. The summed E-state index contributed by atoms with van der Waals surface area (Å²) in [5, 5.41) is 5.53. The van der Waals surface area contributed by atoms with Crippen molar-refractivity contribution in [2.75, 3.05) is 6.54 Å². The Morgan fingerprint density at radius 3 is 2.83 bits per heavy atom. The van der Waals surface area contributed by atoms with E-state index >= 15 is 0 Å². The van der Waals surface area contributed by atoms with E-state index in [1.807, 2.05) is 12.1 Å². The van der Waals surface area contributed by atoms with Crippen molar-refractivity contribution < 1.29 is 0 Å². The van der Waals surface area contributed by atoms with E-state index in [1.165, 1.54) is 16.6 Å². The largest absolute Gasteiger partial charge is 0.357 e. The molecular formula is C15H21ClN2. The summed E-state index contributed by atoms with van der Waals surface area (Å²) in [4.78, 5) is 3.39. The lowest BCUT2D eigenvalue weighted by Gasteiger charge is -2.07. The van der Waals surface area contributed by atoms with Crippen molar-refractivity contribution in [2.45, 2.75) is 39.7 Å². The van der Waals surface area contributed by atoms with Gasteiger partial charge in [0.05, 0.1) is 10.5 Å². The topological polar surface area (TPSA) is 27.8 Å². The van der Waals surface area contributed by atoms with Crippen molar-refractivity contribution in [1.82, 2.24) is 10.3 Å². The Balaban J connectivity index is 2.13. The van der Waals surface area contributed by atoms with Crippen molar-refractivity contribution in [3.8, 4) is 0 Å². The molecule has 0 aliphatic heterocycles. The fourth-order valence-corrected chi connectivity index (χ4v) is 2.57. The highest BCUT2D eigenvalue weighted by Gasteiger charge is 2.09. The highest BCUT2D eigenvalue weighted by atomic mass is 35.5. The molecule has 0 saturated carbocycles. The molecule has 3 heteroatoms. The number of benzene rings is 1. The predicted molar refractivity (Wildman–Crippen MR) is 79.5 cm³/mol. The summed E-state index contributed by atoms with van der Waals surface area (Å²) in [6.45, 7) is 7.54. The van der Waals surface area contributed by atoms with Gasteiger partial charge in [-0.3, -0.25) is 0 Å². The van der Waals surface area contributed by atoms with Gasteiger partial charge >= 0.3 is 0 Å². The molecule has 0 aliphatic rings. The molecule has 0 fully saturated rings. The van der Waals surface area contributed by atoms with Crippen molar-refractivity contribution in [1.29, 1.82) is 0 Å². The van der Waals surface area contributed by atoms with Gasteiger partial charge in [0, 0.05) is 17.1 Å². The van der Waals surface area contributed by atoms with Crippen LogP contribution in [0.15, 0.2) is 18.2 Å². The summed E-state index contributed by atoms with van der Waals surface area (Å²) < 4.78 is 0. The van der Waals surface area contributed by atoms with Crippen molar-refractivity contribution in [3.05, 3.63) is 34.5 Å². The lowest BCUT2D eigenvalue weighted by Crippen LogP contribution is -2.23. The lowest BCUT2D eigenvalue weighted by molar-refractivity contribution is 0.570. The van der Waals surface area contributed by atoms with Crippen LogP contribution in [-0.2, 0) is 6.42 Å². The zero-order chi connectivity index (χ0) is 13.1. The van der Waals surface area contributed by atoms with Gasteiger partial charge in [-0.15, -0.1) is 0 Å². The number of para-hydroxylation sites is 1. The summed E-state index contributed by atoms with van der Waals surface area (Å²) in [6, 6.07) is 6.66. The molecule has 2 rings (SSSR count). The van der Waals surface area contributed by atoms with Gasteiger partial charge in [0.1, 0.15) is 0 Å². The molecule has 0 atom stereocenters. The molecule has 0 bridgehead atoms. The number of aryl methyl sites for hydroxylation is 2. The molecule has 2 nitrogen and oxygen atoms in total. The van der Waals surface area contributed by atoms with Crippen molar-refractivity contribution in [3.63, 3.8) is 0 Å². The van der Waals surface area contributed by atoms with Gasteiger partial charge < -0.3 is 10.3 Å². The summed E-state index contributed by atoms with van der Waals surface area (Å²) in [6.07, 6.45) is 2.24. The molecule has 0 unspecified atom stereocenters. The lowest BCUT2D eigenvalue weighted by atomic mass is 10.1. The van der Waals surface area contributed by atoms with Crippen molar-refractivity contribution in [2.24, 2.45) is 0 Å². The first-order valence-electron chi connectivity index (χ1n) is 6.58. The minimum Gasteiger partial charge on any atom is -0.357 e. The molecular weight excluding hydrogens is 244 g/mol. The summed E-state index contributed by atoms with van der Waals surface area (Å²) in [5.41, 5.74) is 3.71. The van der Waals surface area contributed by atoms with Crippen LogP contribution in [0.25, 0.3) is 10.9 Å². The summed E-state index contributed by atoms with van der Waals surface area (Å²) in [5.74, 6) is 0. The van der Waals surface area contributed by atoms with E-state index in [-0.39, 0.29) is 0 Å². The van der Waals surface area contributed by atoms with Gasteiger partial charge in [-0.1, -0.05) is 37.6 Å². The van der Waals surface area contributed by atoms with E-state index in [2.05, 4.69) is 37.1 Å². The highest BCUT2D eigenvalue weighted by molar-refractivity contribution is 6.35. The minimum atomic E-state index is 0.559. The zero-order valence-electron chi connectivity index (χ0n) is 11.3. The predicted octanol–water partition coefficient (Wildman–Crippen LogP) is 4.06. The van der Waals surface area contributed by atoms with E-state index in [4.69, 9.17) is 11.6 Å². The summed E-state index contributed by atoms with van der Waals surface area (Å²) in [7, 11) is 0. The maximum absolute atomic E-state index is 6.20. The second kappa shape index (κ2) is 5.77. The first-order chi connectivity index (χ1) is 8.59. The van der Waals surface area contributed by atoms with Crippen LogP contribution in [0.3, 0.4) is 0 Å². The van der Waals surface area contributed by atoms with E-state index < -0.39 is 0 Å². The first-order valence-corrected chi connectivity index (χ1v) is 6.96. The Hall–Kier alpha value is -0.990. The molecule has 1 aromatic carbocycles. The molecule has 0 radical (unpaired) electrons. The Bertz CT molecular complexity index is 529. The van der Waals surface area contributed by atoms with E-state index in [1.54, 1.807) is 0 Å². The van der Waals surface area contributed by atoms with Gasteiger partial charge in [0.25, 0.3) is 0 Å². The minimum absolute atomic E-state index is 0.559. The van der Waals surface area contributed by atoms with E-state index in [0.29, 0.717) is 6.04 Å². The molecule has 0 amide bonds. The van der Waals surface area contributed by atoms with Gasteiger partial charge in [0.2, 0.25) is 0 Å². The number of aromatic nitrogens is 1. The Kier molecular flexibility index (Phi) is 4.31. The fraction of sp³-hybridized carbons (Fsp3) is 0.467. The Morgan fingerprint density at radius 2 is 2.11 bits per heavy atom. The van der Waals surface area contributed by atoms with Crippen LogP contribution >= 0.6 is 11.6 Å². The molecule has 0 spiro atoms. The Labute approximate surface area is 114 Å². The Morgan fingerprint density at radius 1 is 1.33 bits per heavy atom. The van der Waals surface area contributed by atoms with Gasteiger partial charge in [-0.05, 0) is 37.9 Å². The average Bonchev–Trinajstić information content (AvgIpc) is 2.63. The molecule has 2 N–H and O–H groups in total. The maximum atomic E-state index is 6.20. The van der Waals surface area contributed by atoms with Crippen LogP contribution in [-0.4, -0.2) is 17.6 Å². The first kappa shape index (κ1) is 13.4. The maximum Gasteiger partial charge on any atom is 0.0648 e. The van der Waals surface area contributed by atoms with E-state index in [9.17, 15) is 0 Å². The number of nitrogens with one attached hydrogen (secondary N) is 2. The van der Waals surface area contributed by atoms with Crippen LogP contribution in [0.1, 0.15) is 31.5 Å². The van der Waals surface area contributed by atoms with Crippen LogP contribution in [0.2, 0.25) is 5.02 Å². The second-order valence-corrected chi connectivity index (χ2v) is 5.51. The number of hydrogen-bond acceptors (Lipinski definition) is 1. The SMILES string of the molecule is Cc1[nH]c2c(Cl)cccc2c1CCCNC(C)C. The second-order valence-electron chi connectivity index (χ2n) is 5.10. The standard InChI is InChI=1S/C15H21ClN2/c1-10(2)17-9-5-7-12-11(3)18-15-13(12)6-4-8-14(15)16/h4,6,8,10,17-18H,5,7,9H2,1-3H3. The van der Waals surface area contributed by atoms with Crippen LogP contribution in [0.4, 0.5) is 0 Å². The highest BCUT2D eigenvalue weighted by Crippen LogP contribution is 2.28. The summed E-state index contributed by atoms with van der Waals surface area (Å²) >= 11 is 6.20. The van der Waals surface area contributed by atoms with Crippen LogP contribution in [0.5, 0.6) is 0 Å². The van der Waals surface area contributed by atoms with Crippen molar-refractivity contribution >= 4 is 22.5 Å². The third-order valence-electron chi connectivity index (χ3n) is 3.26.